The van der Waals surface area contributed by atoms with Gasteiger partial charge in [-0.1, -0.05) is 52.3 Å². The van der Waals surface area contributed by atoms with Crippen LogP contribution in [0.25, 0.3) is 0 Å². The van der Waals surface area contributed by atoms with Gasteiger partial charge in [-0.25, -0.2) is 4.98 Å². The maximum absolute atomic E-state index is 12.4. The SMILES string of the molecule is Cc1cccc(C(=O)NC(C)(CBr)c2ccccc2)n1. The quantitative estimate of drug-likeness (QED) is 0.871. The van der Waals surface area contributed by atoms with E-state index in [1.165, 1.54) is 0 Å². The smallest absolute Gasteiger partial charge is 0.270 e. The van der Waals surface area contributed by atoms with E-state index in [4.69, 9.17) is 0 Å². The van der Waals surface area contributed by atoms with Crippen molar-refractivity contribution in [2.24, 2.45) is 0 Å². The Bertz CT molecular complexity index is 600. The highest BCUT2D eigenvalue weighted by molar-refractivity contribution is 9.09. The second kappa shape index (κ2) is 6.18. The van der Waals surface area contributed by atoms with Crippen molar-refractivity contribution in [1.82, 2.24) is 10.3 Å². The van der Waals surface area contributed by atoms with Gasteiger partial charge in [-0.2, -0.15) is 0 Å². The van der Waals surface area contributed by atoms with Crippen LogP contribution < -0.4 is 5.32 Å². The third-order valence-electron chi connectivity index (χ3n) is 3.19. The molecule has 0 saturated heterocycles. The van der Waals surface area contributed by atoms with E-state index in [-0.39, 0.29) is 5.91 Å². The number of nitrogens with one attached hydrogen (secondary N) is 1. The molecule has 1 heterocycles. The first-order chi connectivity index (χ1) is 9.55. The fourth-order valence-electron chi connectivity index (χ4n) is 1.97. The molecule has 3 nitrogen and oxygen atoms in total. The first kappa shape index (κ1) is 14.7. The molecule has 0 saturated carbocycles. The lowest BCUT2D eigenvalue weighted by atomic mass is 9.94. The molecule has 1 unspecified atom stereocenters. The minimum absolute atomic E-state index is 0.167. The third-order valence-corrected chi connectivity index (χ3v) is 4.31. The number of nitrogens with zero attached hydrogens (tertiary/aromatic N) is 1. The highest BCUT2D eigenvalue weighted by Gasteiger charge is 2.28. The largest absolute Gasteiger partial charge is 0.341 e. The van der Waals surface area contributed by atoms with Gasteiger partial charge in [-0.3, -0.25) is 4.79 Å². The molecule has 0 aliphatic carbocycles. The molecule has 2 rings (SSSR count). The summed E-state index contributed by atoms with van der Waals surface area (Å²) in [4.78, 5) is 16.6. The van der Waals surface area contributed by atoms with Gasteiger partial charge in [0.15, 0.2) is 0 Å². The minimum atomic E-state index is -0.468. The number of rotatable bonds is 4. The summed E-state index contributed by atoms with van der Waals surface area (Å²) in [5.74, 6) is -0.167. The highest BCUT2D eigenvalue weighted by Crippen LogP contribution is 2.23. The first-order valence-electron chi connectivity index (χ1n) is 6.43. The molecule has 1 N–H and O–H groups in total. The summed E-state index contributed by atoms with van der Waals surface area (Å²) in [6.45, 7) is 3.86. The van der Waals surface area contributed by atoms with Crippen molar-refractivity contribution in [1.29, 1.82) is 0 Å². The number of alkyl halides is 1. The van der Waals surface area contributed by atoms with E-state index >= 15 is 0 Å². The van der Waals surface area contributed by atoms with Crippen LogP contribution >= 0.6 is 15.9 Å². The fraction of sp³-hybridized carbons (Fsp3) is 0.250. The summed E-state index contributed by atoms with van der Waals surface area (Å²) in [6, 6.07) is 15.3. The topological polar surface area (TPSA) is 42.0 Å². The van der Waals surface area contributed by atoms with E-state index in [0.717, 1.165) is 11.3 Å². The Labute approximate surface area is 127 Å². The van der Waals surface area contributed by atoms with Crippen LogP contribution in [0.5, 0.6) is 0 Å². The van der Waals surface area contributed by atoms with Gasteiger partial charge in [-0.05, 0) is 31.5 Å². The van der Waals surface area contributed by atoms with Crippen LogP contribution in [0.4, 0.5) is 0 Å². The van der Waals surface area contributed by atoms with Crippen molar-refractivity contribution in [3.8, 4) is 0 Å². The van der Waals surface area contributed by atoms with Crippen LogP contribution in [-0.4, -0.2) is 16.2 Å². The molecule has 104 valence electrons. The lowest BCUT2D eigenvalue weighted by molar-refractivity contribution is 0.0909. The Morgan fingerprint density at radius 3 is 2.50 bits per heavy atom. The van der Waals surface area contributed by atoms with Crippen LogP contribution in [0.1, 0.15) is 28.7 Å². The van der Waals surface area contributed by atoms with Gasteiger partial charge in [0.1, 0.15) is 5.69 Å². The average molecular weight is 333 g/mol. The predicted octanol–water partition coefficient (Wildman–Crippen LogP) is 3.43. The zero-order valence-corrected chi connectivity index (χ0v) is 13.1. The Hall–Kier alpha value is -1.68. The number of carbonyl (C=O) groups is 1. The van der Waals surface area contributed by atoms with Crippen LogP contribution in [-0.2, 0) is 5.54 Å². The molecule has 1 atom stereocenters. The van der Waals surface area contributed by atoms with Crippen molar-refractivity contribution in [2.75, 3.05) is 5.33 Å². The predicted molar refractivity (Wildman–Crippen MR) is 84.0 cm³/mol. The number of hydrogen-bond donors (Lipinski definition) is 1. The summed E-state index contributed by atoms with van der Waals surface area (Å²) >= 11 is 3.49. The van der Waals surface area contributed by atoms with Crippen molar-refractivity contribution in [3.63, 3.8) is 0 Å². The van der Waals surface area contributed by atoms with Crippen LogP contribution in [0, 0.1) is 6.92 Å². The summed E-state index contributed by atoms with van der Waals surface area (Å²) in [6.07, 6.45) is 0. The Morgan fingerprint density at radius 2 is 1.90 bits per heavy atom. The fourth-order valence-corrected chi connectivity index (χ4v) is 2.44. The molecule has 1 aromatic heterocycles. The number of aryl methyl sites for hydroxylation is 1. The lowest BCUT2D eigenvalue weighted by Gasteiger charge is -2.29. The van der Waals surface area contributed by atoms with E-state index in [1.807, 2.05) is 56.3 Å². The van der Waals surface area contributed by atoms with Gasteiger partial charge in [0.2, 0.25) is 0 Å². The molecule has 1 amide bonds. The van der Waals surface area contributed by atoms with E-state index in [0.29, 0.717) is 11.0 Å². The summed E-state index contributed by atoms with van der Waals surface area (Å²) < 4.78 is 0. The molecule has 0 bridgehead atoms. The zero-order chi connectivity index (χ0) is 14.6. The van der Waals surface area contributed by atoms with Crippen LogP contribution in [0.15, 0.2) is 48.5 Å². The van der Waals surface area contributed by atoms with E-state index in [1.54, 1.807) is 6.07 Å². The average Bonchev–Trinajstić information content (AvgIpc) is 2.48. The second-order valence-corrected chi connectivity index (χ2v) is 5.51. The highest BCUT2D eigenvalue weighted by atomic mass is 79.9. The number of halogens is 1. The van der Waals surface area contributed by atoms with Crippen LogP contribution in [0.3, 0.4) is 0 Å². The van der Waals surface area contributed by atoms with Gasteiger partial charge in [0, 0.05) is 11.0 Å². The summed E-state index contributed by atoms with van der Waals surface area (Å²) in [7, 11) is 0. The lowest BCUT2D eigenvalue weighted by Crippen LogP contribution is -2.45. The standard InChI is InChI=1S/C16H17BrN2O/c1-12-7-6-10-14(18-12)15(20)19-16(2,11-17)13-8-4-3-5-9-13/h3-10H,11H2,1-2H3,(H,19,20). The Kier molecular flexibility index (Phi) is 4.55. The second-order valence-electron chi connectivity index (χ2n) is 4.95. The first-order valence-corrected chi connectivity index (χ1v) is 7.55. The van der Waals surface area contributed by atoms with Crippen molar-refractivity contribution in [2.45, 2.75) is 19.4 Å². The molecule has 0 fully saturated rings. The van der Waals surface area contributed by atoms with Gasteiger partial charge >= 0.3 is 0 Å². The molecule has 20 heavy (non-hydrogen) atoms. The van der Waals surface area contributed by atoms with E-state index in [2.05, 4.69) is 26.2 Å². The zero-order valence-electron chi connectivity index (χ0n) is 11.6. The molecule has 0 aliphatic rings. The van der Waals surface area contributed by atoms with Crippen molar-refractivity contribution < 1.29 is 4.79 Å². The molecular weight excluding hydrogens is 316 g/mol. The number of amides is 1. The van der Waals surface area contributed by atoms with Crippen molar-refractivity contribution >= 4 is 21.8 Å². The van der Waals surface area contributed by atoms with Gasteiger partial charge < -0.3 is 5.32 Å². The van der Waals surface area contributed by atoms with Gasteiger partial charge in [0.25, 0.3) is 5.91 Å². The number of aromatic nitrogens is 1. The molecule has 0 aliphatic heterocycles. The molecular formula is C16H17BrN2O. The summed E-state index contributed by atoms with van der Waals surface area (Å²) in [5.41, 5.74) is 1.85. The Morgan fingerprint density at radius 1 is 1.20 bits per heavy atom. The normalized spacial score (nSPS) is 13.6. The molecule has 4 heteroatoms. The number of carbonyl (C=O) groups excluding carboxylic acids is 1. The third kappa shape index (κ3) is 3.25. The molecule has 0 radical (unpaired) electrons. The number of pyridine rings is 1. The minimum Gasteiger partial charge on any atom is -0.341 e. The summed E-state index contributed by atoms with van der Waals surface area (Å²) in [5, 5.41) is 3.68. The maximum atomic E-state index is 12.4. The molecule has 1 aromatic carbocycles. The van der Waals surface area contributed by atoms with Gasteiger partial charge in [0.05, 0.1) is 5.54 Å². The Balaban J connectivity index is 2.24. The molecule has 2 aromatic rings. The van der Waals surface area contributed by atoms with Crippen molar-refractivity contribution in [3.05, 3.63) is 65.5 Å². The van der Waals surface area contributed by atoms with E-state index < -0.39 is 5.54 Å². The maximum Gasteiger partial charge on any atom is 0.270 e. The van der Waals surface area contributed by atoms with E-state index in [9.17, 15) is 4.79 Å². The number of benzene rings is 1. The number of hydrogen-bond acceptors (Lipinski definition) is 2. The van der Waals surface area contributed by atoms with Crippen LogP contribution in [0.2, 0.25) is 0 Å². The van der Waals surface area contributed by atoms with Gasteiger partial charge in [-0.15, -0.1) is 0 Å². The molecule has 0 spiro atoms. The monoisotopic (exact) mass is 332 g/mol.